The number of rotatable bonds is 3. The Bertz CT molecular complexity index is 317. The number of benzene rings is 1. The highest BCUT2D eigenvalue weighted by Gasteiger charge is 2.17. The summed E-state index contributed by atoms with van der Waals surface area (Å²) in [4.78, 5) is 0. The molecule has 0 spiro atoms. The van der Waals surface area contributed by atoms with Crippen molar-refractivity contribution in [2.75, 3.05) is 0 Å². The number of aliphatic hydroxyl groups is 1. The fourth-order valence-electron chi connectivity index (χ4n) is 1.26. The third-order valence-corrected chi connectivity index (χ3v) is 2.68. The minimum Gasteiger partial charge on any atom is -0.508 e. The van der Waals surface area contributed by atoms with Crippen LogP contribution in [0.4, 0.5) is 0 Å². The van der Waals surface area contributed by atoms with Gasteiger partial charge in [0.1, 0.15) is 5.75 Å². The topological polar surface area (TPSA) is 66.5 Å². The van der Waals surface area contributed by atoms with Gasteiger partial charge in [-0.2, -0.15) is 0 Å². The summed E-state index contributed by atoms with van der Waals surface area (Å²) in [7, 11) is 0. The number of phenols is 1. The molecule has 0 aliphatic heterocycles. The molecule has 0 radical (unpaired) electrons. The summed E-state index contributed by atoms with van der Waals surface area (Å²) >= 11 is 3.24. The second-order valence-electron chi connectivity index (χ2n) is 3.20. The van der Waals surface area contributed by atoms with Crippen LogP contribution in [0.25, 0.3) is 0 Å². The summed E-state index contributed by atoms with van der Waals surface area (Å²) in [5.41, 5.74) is 6.35. The summed E-state index contributed by atoms with van der Waals surface area (Å²) in [6.07, 6.45) is -0.0569. The van der Waals surface area contributed by atoms with E-state index in [-0.39, 0.29) is 5.75 Å². The fraction of sp³-hybridized carbons (Fsp3) is 0.400. The molecule has 0 heterocycles. The Kier molecular flexibility index (Phi) is 3.92. The third kappa shape index (κ3) is 2.47. The van der Waals surface area contributed by atoms with E-state index < -0.39 is 12.1 Å². The van der Waals surface area contributed by atoms with Crippen molar-refractivity contribution in [3.63, 3.8) is 0 Å². The van der Waals surface area contributed by atoms with E-state index >= 15 is 0 Å². The normalized spacial score (nSPS) is 15.1. The van der Waals surface area contributed by atoms with Crippen LogP contribution in [-0.2, 0) is 0 Å². The van der Waals surface area contributed by atoms with Gasteiger partial charge in [0, 0.05) is 10.0 Å². The minimum absolute atomic E-state index is 0.111. The van der Waals surface area contributed by atoms with Crippen molar-refractivity contribution < 1.29 is 10.2 Å². The molecule has 0 unspecified atom stereocenters. The zero-order valence-electron chi connectivity index (χ0n) is 7.94. The van der Waals surface area contributed by atoms with Gasteiger partial charge >= 0.3 is 0 Å². The van der Waals surface area contributed by atoms with Gasteiger partial charge < -0.3 is 15.9 Å². The summed E-state index contributed by atoms with van der Waals surface area (Å²) in [5.74, 6) is 0.111. The SMILES string of the molecule is CC[C@@H](O)[C@@H](N)c1ccc(Br)cc1O. The van der Waals surface area contributed by atoms with Gasteiger partial charge in [-0.05, 0) is 18.6 Å². The van der Waals surface area contributed by atoms with Gasteiger partial charge in [-0.1, -0.05) is 28.9 Å². The standard InChI is InChI=1S/C10H14BrNO2/c1-2-8(13)10(12)7-4-3-6(11)5-9(7)14/h3-5,8,10,13-14H,2,12H2,1H3/t8-,10+/m1/s1. The molecule has 0 aromatic heterocycles. The first-order valence-electron chi connectivity index (χ1n) is 4.48. The Hall–Kier alpha value is -0.580. The third-order valence-electron chi connectivity index (χ3n) is 2.18. The highest BCUT2D eigenvalue weighted by Crippen LogP contribution is 2.28. The number of aliphatic hydroxyl groups excluding tert-OH is 1. The van der Waals surface area contributed by atoms with Crippen molar-refractivity contribution in [3.05, 3.63) is 28.2 Å². The van der Waals surface area contributed by atoms with Gasteiger partial charge in [-0.25, -0.2) is 0 Å². The van der Waals surface area contributed by atoms with E-state index in [1.165, 1.54) is 0 Å². The lowest BCUT2D eigenvalue weighted by Gasteiger charge is -2.18. The van der Waals surface area contributed by atoms with E-state index in [4.69, 9.17) is 5.73 Å². The summed E-state index contributed by atoms with van der Waals surface area (Å²) < 4.78 is 0.789. The summed E-state index contributed by atoms with van der Waals surface area (Å²) in [5, 5.41) is 19.1. The molecule has 2 atom stereocenters. The van der Waals surface area contributed by atoms with Gasteiger partial charge in [0.05, 0.1) is 12.1 Å². The monoisotopic (exact) mass is 259 g/mol. The highest BCUT2D eigenvalue weighted by atomic mass is 79.9. The van der Waals surface area contributed by atoms with Crippen molar-refractivity contribution >= 4 is 15.9 Å². The van der Waals surface area contributed by atoms with Gasteiger partial charge in [0.2, 0.25) is 0 Å². The second kappa shape index (κ2) is 4.77. The van der Waals surface area contributed by atoms with Crippen LogP contribution in [0.2, 0.25) is 0 Å². The zero-order valence-corrected chi connectivity index (χ0v) is 9.53. The van der Waals surface area contributed by atoms with Crippen LogP contribution in [0.1, 0.15) is 24.9 Å². The molecule has 1 aromatic rings. The van der Waals surface area contributed by atoms with Crippen LogP contribution in [0.5, 0.6) is 5.75 Å². The van der Waals surface area contributed by atoms with Gasteiger partial charge in [-0.3, -0.25) is 0 Å². The lowest BCUT2D eigenvalue weighted by molar-refractivity contribution is 0.139. The molecule has 4 heteroatoms. The lowest BCUT2D eigenvalue weighted by Crippen LogP contribution is -2.25. The average molecular weight is 260 g/mol. The van der Waals surface area contributed by atoms with E-state index in [0.29, 0.717) is 12.0 Å². The van der Waals surface area contributed by atoms with E-state index in [1.807, 2.05) is 6.92 Å². The van der Waals surface area contributed by atoms with E-state index in [0.717, 1.165) is 4.47 Å². The molecule has 0 saturated carbocycles. The zero-order chi connectivity index (χ0) is 10.7. The van der Waals surface area contributed by atoms with Crippen LogP contribution >= 0.6 is 15.9 Å². The van der Waals surface area contributed by atoms with Gasteiger partial charge in [-0.15, -0.1) is 0 Å². The molecule has 0 aliphatic rings. The van der Waals surface area contributed by atoms with E-state index in [1.54, 1.807) is 18.2 Å². The van der Waals surface area contributed by atoms with Gasteiger partial charge in [0.25, 0.3) is 0 Å². The van der Waals surface area contributed by atoms with Crippen molar-refractivity contribution in [1.82, 2.24) is 0 Å². The minimum atomic E-state index is -0.623. The predicted molar refractivity (Wildman–Crippen MR) is 59.0 cm³/mol. The van der Waals surface area contributed by atoms with Crippen molar-refractivity contribution in [2.24, 2.45) is 5.73 Å². The van der Waals surface area contributed by atoms with Crippen LogP contribution in [0, 0.1) is 0 Å². The molecular formula is C10H14BrNO2. The number of aromatic hydroxyl groups is 1. The maximum atomic E-state index is 9.59. The molecule has 4 N–H and O–H groups in total. The Labute approximate surface area is 91.7 Å². The molecule has 0 amide bonds. The highest BCUT2D eigenvalue weighted by molar-refractivity contribution is 9.10. The number of phenolic OH excluding ortho intramolecular Hbond substituents is 1. The maximum absolute atomic E-state index is 9.59. The van der Waals surface area contributed by atoms with E-state index in [2.05, 4.69) is 15.9 Å². The molecule has 78 valence electrons. The van der Waals surface area contributed by atoms with Crippen molar-refractivity contribution in [2.45, 2.75) is 25.5 Å². The number of halogens is 1. The van der Waals surface area contributed by atoms with Crippen LogP contribution in [0.3, 0.4) is 0 Å². The Balaban J connectivity index is 2.95. The molecule has 1 aromatic carbocycles. The van der Waals surface area contributed by atoms with Crippen LogP contribution < -0.4 is 5.73 Å². The molecule has 3 nitrogen and oxygen atoms in total. The lowest BCUT2D eigenvalue weighted by atomic mass is 10.00. The molecule has 0 aliphatic carbocycles. The van der Waals surface area contributed by atoms with Crippen molar-refractivity contribution in [1.29, 1.82) is 0 Å². The molecule has 1 rings (SSSR count). The summed E-state index contributed by atoms with van der Waals surface area (Å²) in [6.45, 7) is 1.85. The molecule has 14 heavy (non-hydrogen) atoms. The fourth-order valence-corrected chi connectivity index (χ4v) is 1.61. The van der Waals surface area contributed by atoms with E-state index in [9.17, 15) is 10.2 Å². The number of hydrogen-bond acceptors (Lipinski definition) is 3. The smallest absolute Gasteiger partial charge is 0.121 e. The molecule has 0 bridgehead atoms. The number of nitrogens with two attached hydrogens (primary N) is 1. The quantitative estimate of drug-likeness (QED) is 0.777. The second-order valence-corrected chi connectivity index (χ2v) is 4.12. The first-order valence-corrected chi connectivity index (χ1v) is 5.27. The molecule has 0 saturated heterocycles. The average Bonchev–Trinajstić information content (AvgIpc) is 2.15. The predicted octanol–water partition coefficient (Wildman–Crippen LogP) is 1.93. The molecular weight excluding hydrogens is 246 g/mol. The first kappa shape index (κ1) is 11.5. The Morgan fingerprint density at radius 2 is 2.14 bits per heavy atom. The number of hydrogen-bond donors (Lipinski definition) is 3. The largest absolute Gasteiger partial charge is 0.508 e. The first-order chi connectivity index (χ1) is 6.56. The van der Waals surface area contributed by atoms with Crippen LogP contribution in [-0.4, -0.2) is 16.3 Å². The summed E-state index contributed by atoms with van der Waals surface area (Å²) in [6, 6.07) is 4.53. The van der Waals surface area contributed by atoms with Crippen LogP contribution in [0.15, 0.2) is 22.7 Å². The molecule has 0 fully saturated rings. The van der Waals surface area contributed by atoms with Crippen molar-refractivity contribution in [3.8, 4) is 5.75 Å². The maximum Gasteiger partial charge on any atom is 0.121 e. The Morgan fingerprint density at radius 3 is 2.64 bits per heavy atom. The van der Waals surface area contributed by atoms with Gasteiger partial charge in [0.15, 0.2) is 0 Å². The Morgan fingerprint density at radius 1 is 1.50 bits per heavy atom.